The zero-order valence-electron chi connectivity index (χ0n) is 22.2. The quantitative estimate of drug-likeness (QED) is 0.451. The first-order valence-electron chi connectivity index (χ1n) is 13.5. The van der Waals surface area contributed by atoms with E-state index >= 15 is 0 Å². The van der Waals surface area contributed by atoms with Crippen LogP contribution in [0.1, 0.15) is 54.7 Å². The van der Waals surface area contributed by atoms with Gasteiger partial charge >= 0.3 is 0 Å². The van der Waals surface area contributed by atoms with Gasteiger partial charge in [0.1, 0.15) is 11.3 Å². The van der Waals surface area contributed by atoms with E-state index in [1.807, 2.05) is 11.8 Å². The van der Waals surface area contributed by atoms with E-state index in [-0.39, 0.29) is 36.7 Å². The van der Waals surface area contributed by atoms with Crippen LogP contribution in [0.2, 0.25) is 0 Å². The molecule has 1 aliphatic carbocycles. The summed E-state index contributed by atoms with van der Waals surface area (Å²) in [5.74, 6) is -2.34. The third kappa shape index (κ3) is 5.20. The van der Waals surface area contributed by atoms with Crippen LogP contribution in [0.25, 0.3) is 11.0 Å². The molecule has 0 atom stereocenters. The van der Waals surface area contributed by atoms with Crippen molar-refractivity contribution in [2.45, 2.75) is 56.3 Å². The fourth-order valence-corrected chi connectivity index (χ4v) is 6.54. The number of nitrogens with one attached hydrogen (secondary N) is 2. The predicted octanol–water partition coefficient (Wildman–Crippen LogP) is 5.14. The molecule has 8 nitrogen and oxygen atoms in total. The molecule has 2 N–H and O–H groups in total. The first-order valence-corrected chi connectivity index (χ1v) is 15.3. The summed E-state index contributed by atoms with van der Waals surface area (Å²) in [4.78, 5) is 25.6. The molecule has 3 aromatic rings. The second kappa shape index (κ2) is 9.18. The third-order valence-electron chi connectivity index (χ3n) is 8.54. The SMILES string of the molecule is Cc1nc2c(N3CCC(F)(F)CC3)cc(NC(=O)c3ccc(S(C)(=O)=O)cc3N3CCC4(CC3)CC4)cc2[nH]1. The third-order valence-corrected chi connectivity index (χ3v) is 9.65. The van der Waals surface area contributed by atoms with Gasteiger partial charge in [-0.05, 0) is 68.4 Å². The van der Waals surface area contributed by atoms with Crippen LogP contribution in [-0.4, -0.2) is 62.7 Å². The van der Waals surface area contributed by atoms with Gasteiger partial charge in [0.2, 0.25) is 0 Å². The molecule has 0 radical (unpaired) electrons. The average Bonchev–Trinajstić information content (AvgIpc) is 3.52. The Labute approximate surface area is 226 Å². The number of alkyl halides is 2. The summed E-state index contributed by atoms with van der Waals surface area (Å²) in [6.45, 7) is 3.76. The number of carbonyl (C=O) groups excluding carboxylic acids is 1. The number of aryl methyl sites for hydroxylation is 1. The van der Waals surface area contributed by atoms with Crippen molar-refractivity contribution < 1.29 is 22.0 Å². The lowest BCUT2D eigenvalue weighted by Gasteiger charge is -2.35. The lowest BCUT2D eigenvalue weighted by Crippen LogP contribution is -2.39. The Morgan fingerprint density at radius 1 is 0.949 bits per heavy atom. The number of halogens is 2. The molecule has 1 aromatic heterocycles. The number of fused-ring (bicyclic) bond motifs is 1. The Balaban J connectivity index is 1.32. The number of hydrogen-bond acceptors (Lipinski definition) is 6. The molecule has 1 saturated carbocycles. The van der Waals surface area contributed by atoms with Crippen molar-refractivity contribution in [3.8, 4) is 0 Å². The van der Waals surface area contributed by atoms with Gasteiger partial charge in [-0.3, -0.25) is 4.79 Å². The molecule has 1 amide bonds. The van der Waals surface area contributed by atoms with Crippen LogP contribution in [-0.2, 0) is 9.84 Å². The molecule has 39 heavy (non-hydrogen) atoms. The molecular formula is C28H33F2N5O3S. The molecule has 3 heterocycles. The van der Waals surface area contributed by atoms with Gasteiger partial charge in [-0.2, -0.15) is 0 Å². The number of carbonyl (C=O) groups is 1. The van der Waals surface area contributed by atoms with Crippen molar-refractivity contribution in [3.63, 3.8) is 0 Å². The van der Waals surface area contributed by atoms with Crippen LogP contribution < -0.4 is 15.1 Å². The van der Waals surface area contributed by atoms with Crippen LogP contribution in [0.3, 0.4) is 0 Å². The second-order valence-corrected chi connectivity index (χ2v) is 13.5. The molecule has 11 heteroatoms. The number of hydrogen-bond donors (Lipinski definition) is 2. The second-order valence-electron chi connectivity index (χ2n) is 11.4. The predicted molar refractivity (Wildman–Crippen MR) is 148 cm³/mol. The number of benzene rings is 2. The number of aromatic amines is 1. The fourth-order valence-electron chi connectivity index (χ4n) is 5.90. The van der Waals surface area contributed by atoms with Crippen LogP contribution >= 0.6 is 0 Å². The lowest BCUT2D eigenvalue weighted by atomic mass is 9.93. The largest absolute Gasteiger partial charge is 0.371 e. The number of amides is 1. The lowest BCUT2D eigenvalue weighted by molar-refractivity contribution is -0.0220. The van der Waals surface area contributed by atoms with E-state index in [0.717, 1.165) is 25.9 Å². The molecule has 1 spiro atoms. The van der Waals surface area contributed by atoms with Crippen LogP contribution in [0, 0.1) is 12.3 Å². The number of imidazole rings is 1. The van der Waals surface area contributed by atoms with Crippen LogP contribution in [0.15, 0.2) is 35.2 Å². The highest BCUT2D eigenvalue weighted by Gasteiger charge is 2.44. The van der Waals surface area contributed by atoms with Gasteiger partial charge in [-0.1, -0.05) is 0 Å². The molecule has 6 rings (SSSR count). The summed E-state index contributed by atoms with van der Waals surface area (Å²) in [6, 6.07) is 8.23. The molecule has 2 aliphatic heterocycles. The van der Waals surface area contributed by atoms with E-state index < -0.39 is 15.8 Å². The Morgan fingerprint density at radius 3 is 2.23 bits per heavy atom. The summed E-state index contributed by atoms with van der Waals surface area (Å²) in [5.41, 5.74) is 4.03. The van der Waals surface area contributed by atoms with E-state index in [1.54, 1.807) is 24.3 Å². The summed E-state index contributed by atoms with van der Waals surface area (Å²) in [6.07, 6.45) is 5.24. The first kappa shape index (κ1) is 26.0. The Morgan fingerprint density at radius 2 is 1.59 bits per heavy atom. The standard InChI is InChI=1S/C28H33F2N5O3S/c1-18-31-22-15-19(16-24(25(22)32-18)35-13-9-28(29,30)10-14-35)33-26(36)21-4-3-20(39(2,37)38)17-23(21)34-11-7-27(5-6-27)8-12-34/h3-4,15-17H,5-14H2,1-2H3,(H,31,32)(H,33,36). The van der Waals surface area contributed by atoms with Gasteiger partial charge in [-0.15, -0.1) is 0 Å². The van der Waals surface area contributed by atoms with Crippen molar-refractivity contribution >= 4 is 43.8 Å². The van der Waals surface area contributed by atoms with Crippen molar-refractivity contribution in [1.29, 1.82) is 0 Å². The van der Waals surface area contributed by atoms with Gasteiger partial charge in [-0.25, -0.2) is 22.2 Å². The van der Waals surface area contributed by atoms with Crippen LogP contribution in [0.4, 0.5) is 25.8 Å². The molecule has 208 valence electrons. The van der Waals surface area contributed by atoms with Gasteiger partial charge in [0, 0.05) is 51.0 Å². The van der Waals surface area contributed by atoms with Crippen molar-refractivity contribution in [2.24, 2.45) is 5.41 Å². The molecule has 2 aromatic carbocycles. The number of sulfone groups is 1. The number of aromatic nitrogens is 2. The average molecular weight is 558 g/mol. The highest BCUT2D eigenvalue weighted by atomic mass is 32.2. The van der Waals surface area contributed by atoms with Crippen molar-refractivity contribution in [2.75, 3.05) is 47.6 Å². The Hall–Kier alpha value is -3.21. The van der Waals surface area contributed by atoms with Crippen molar-refractivity contribution in [3.05, 3.63) is 41.7 Å². The zero-order chi connectivity index (χ0) is 27.6. The normalized spacial score (nSPS) is 20.4. The number of piperidine rings is 2. The smallest absolute Gasteiger partial charge is 0.257 e. The number of H-pyrrole nitrogens is 1. The molecule has 3 aliphatic rings. The molecule has 3 fully saturated rings. The van der Waals surface area contributed by atoms with Gasteiger partial charge in [0.15, 0.2) is 9.84 Å². The Bertz CT molecular complexity index is 1540. The van der Waals surface area contributed by atoms with Gasteiger partial charge < -0.3 is 20.1 Å². The zero-order valence-corrected chi connectivity index (χ0v) is 23.0. The van der Waals surface area contributed by atoms with E-state index in [9.17, 15) is 22.0 Å². The summed E-state index contributed by atoms with van der Waals surface area (Å²) >= 11 is 0. The number of anilines is 3. The first-order chi connectivity index (χ1) is 18.4. The van der Waals surface area contributed by atoms with E-state index in [4.69, 9.17) is 0 Å². The highest BCUT2D eigenvalue weighted by molar-refractivity contribution is 7.90. The molecule has 2 saturated heterocycles. The maximum Gasteiger partial charge on any atom is 0.257 e. The molecule has 0 unspecified atom stereocenters. The molecule has 0 bridgehead atoms. The monoisotopic (exact) mass is 557 g/mol. The van der Waals surface area contributed by atoms with E-state index in [1.165, 1.54) is 25.2 Å². The molecular weight excluding hydrogens is 524 g/mol. The van der Waals surface area contributed by atoms with Gasteiger partial charge in [0.05, 0.1) is 27.4 Å². The topological polar surface area (TPSA) is 98.4 Å². The highest BCUT2D eigenvalue weighted by Crippen LogP contribution is 2.54. The summed E-state index contributed by atoms with van der Waals surface area (Å²) in [5, 5.41) is 2.98. The Kier molecular flexibility index (Phi) is 6.13. The number of rotatable bonds is 5. The summed E-state index contributed by atoms with van der Waals surface area (Å²) < 4.78 is 52.3. The minimum atomic E-state index is -3.45. The fraction of sp³-hybridized carbons (Fsp3) is 0.500. The number of nitrogens with zero attached hydrogens (tertiary/aromatic N) is 3. The maximum absolute atomic E-state index is 13.8. The minimum Gasteiger partial charge on any atom is -0.371 e. The maximum atomic E-state index is 13.8. The van der Waals surface area contributed by atoms with E-state index in [0.29, 0.717) is 44.9 Å². The summed E-state index contributed by atoms with van der Waals surface area (Å²) in [7, 11) is -3.45. The van der Waals surface area contributed by atoms with E-state index in [2.05, 4.69) is 20.2 Å². The van der Waals surface area contributed by atoms with Gasteiger partial charge in [0.25, 0.3) is 11.8 Å². The minimum absolute atomic E-state index is 0.180. The van der Waals surface area contributed by atoms with Crippen molar-refractivity contribution in [1.82, 2.24) is 9.97 Å². The van der Waals surface area contributed by atoms with Crippen LogP contribution in [0.5, 0.6) is 0 Å².